The van der Waals surface area contributed by atoms with Crippen LogP contribution in [0.1, 0.15) is 24.9 Å². The van der Waals surface area contributed by atoms with Crippen LogP contribution in [-0.2, 0) is 9.84 Å². The van der Waals surface area contributed by atoms with Crippen LogP contribution in [0.4, 0.5) is 5.69 Å². The van der Waals surface area contributed by atoms with Gasteiger partial charge in [-0.2, -0.15) is 0 Å². The van der Waals surface area contributed by atoms with E-state index in [9.17, 15) is 8.42 Å². The van der Waals surface area contributed by atoms with Crippen LogP contribution in [0.15, 0.2) is 24.3 Å². The molecule has 0 saturated carbocycles. The molecule has 100 valence electrons. The van der Waals surface area contributed by atoms with Crippen molar-refractivity contribution < 1.29 is 8.42 Å². The SMILES string of the molecule is CC(c1cccc(N)c1)N1CCCS(=O)(=O)CC1. The lowest BCUT2D eigenvalue weighted by Crippen LogP contribution is -2.30. The Labute approximate surface area is 109 Å². The molecule has 1 heterocycles. The average molecular weight is 268 g/mol. The Morgan fingerprint density at radius 3 is 2.78 bits per heavy atom. The summed E-state index contributed by atoms with van der Waals surface area (Å²) in [4.78, 5) is 2.22. The number of benzene rings is 1. The van der Waals surface area contributed by atoms with Crippen molar-refractivity contribution >= 4 is 15.5 Å². The fourth-order valence-electron chi connectivity index (χ4n) is 2.37. The minimum absolute atomic E-state index is 0.210. The van der Waals surface area contributed by atoms with Crippen molar-refractivity contribution in [2.45, 2.75) is 19.4 Å². The number of nitrogens with zero attached hydrogens (tertiary/aromatic N) is 1. The molecular formula is C13H20N2O2S. The zero-order valence-corrected chi connectivity index (χ0v) is 11.5. The van der Waals surface area contributed by atoms with E-state index in [2.05, 4.69) is 11.8 Å². The topological polar surface area (TPSA) is 63.4 Å². The fourth-order valence-corrected chi connectivity index (χ4v) is 3.66. The van der Waals surface area contributed by atoms with Crippen LogP contribution >= 0.6 is 0 Å². The van der Waals surface area contributed by atoms with Crippen LogP contribution in [0.2, 0.25) is 0 Å². The van der Waals surface area contributed by atoms with Gasteiger partial charge in [0.2, 0.25) is 0 Å². The van der Waals surface area contributed by atoms with E-state index in [1.54, 1.807) is 0 Å². The normalized spacial score (nSPS) is 22.3. The first kappa shape index (κ1) is 13.4. The van der Waals surface area contributed by atoms with E-state index in [4.69, 9.17) is 5.73 Å². The quantitative estimate of drug-likeness (QED) is 0.825. The second-order valence-electron chi connectivity index (χ2n) is 4.89. The molecule has 0 aliphatic carbocycles. The van der Waals surface area contributed by atoms with E-state index in [0.29, 0.717) is 12.3 Å². The summed E-state index contributed by atoms with van der Waals surface area (Å²) in [6.07, 6.45) is 0.717. The first-order chi connectivity index (χ1) is 8.48. The molecule has 5 heteroatoms. The van der Waals surface area contributed by atoms with Crippen molar-refractivity contribution in [2.24, 2.45) is 0 Å². The second kappa shape index (κ2) is 5.28. The summed E-state index contributed by atoms with van der Waals surface area (Å²) in [5.74, 6) is 0.576. The summed E-state index contributed by atoms with van der Waals surface area (Å²) >= 11 is 0. The van der Waals surface area contributed by atoms with Gasteiger partial charge in [0.25, 0.3) is 0 Å². The van der Waals surface area contributed by atoms with Gasteiger partial charge < -0.3 is 5.73 Å². The average Bonchev–Trinajstić information content (AvgIpc) is 2.49. The summed E-state index contributed by atoms with van der Waals surface area (Å²) in [6.45, 7) is 3.54. The minimum Gasteiger partial charge on any atom is -0.399 e. The third kappa shape index (κ3) is 3.23. The lowest BCUT2D eigenvalue weighted by Gasteiger charge is -2.27. The Balaban J connectivity index is 2.12. The molecule has 1 saturated heterocycles. The summed E-state index contributed by atoms with van der Waals surface area (Å²) in [5.41, 5.74) is 7.68. The molecule has 0 radical (unpaired) electrons. The Hall–Kier alpha value is -1.07. The molecule has 1 aliphatic rings. The van der Waals surface area contributed by atoms with Crippen LogP contribution in [0, 0.1) is 0 Å². The highest BCUT2D eigenvalue weighted by Crippen LogP contribution is 2.23. The van der Waals surface area contributed by atoms with Crippen molar-refractivity contribution in [3.8, 4) is 0 Å². The summed E-state index contributed by atoms with van der Waals surface area (Å²) in [5, 5.41) is 0. The zero-order valence-electron chi connectivity index (χ0n) is 10.7. The molecule has 18 heavy (non-hydrogen) atoms. The van der Waals surface area contributed by atoms with Crippen LogP contribution in [0.5, 0.6) is 0 Å². The molecule has 1 fully saturated rings. The highest BCUT2D eigenvalue weighted by molar-refractivity contribution is 7.91. The highest BCUT2D eigenvalue weighted by atomic mass is 32.2. The van der Waals surface area contributed by atoms with Gasteiger partial charge in [0.15, 0.2) is 9.84 Å². The van der Waals surface area contributed by atoms with Crippen molar-refractivity contribution in [2.75, 3.05) is 30.3 Å². The maximum atomic E-state index is 11.6. The van der Waals surface area contributed by atoms with E-state index < -0.39 is 9.84 Å². The predicted molar refractivity (Wildman–Crippen MR) is 74.1 cm³/mol. The number of rotatable bonds is 2. The molecule has 0 amide bonds. The molecule has 2 N–H and O–H groups in total. The number of nitrogens with two attached hydrogens (primary N) is 1. The van der Waals surface area contributed by atoms with Gasteiger partial charge >= 0.3 is 0 Å². The van der Waals surface area contributed by atoms with Crippen molar-refractivity contribution in [1.82, 2.24) is 4.90 Å². The predicted octanol–water partition coefficient (Wildman–Crippen LogP) is 1.45. The number of sulfone groups is 1. The van der Waals surface area contributed by atoms with Gasteiger partial charge in [-0.1, -0.05) is 12.1 Å². The van der Waals surface area contributed by atoms with E-state index >= 15 is 0 Å². The molecule has 1 aliphatic heterocycles. The third-order valence-corrected chi connectivity index (χ3v) is 5.25. The van der Waals surface area contributed by atoms with Gasteiger partial charge in [-0.05, 0) is 37.6 Å². The van der Waals surface area contributed by atoms with Crippen LogP contribution in [0.25, 0.3) is 0 Å². The van der Waals surface area contributed by atoms with Crippen LogP contribution in [0.3, 0.4) is 0 Å². The van der Waals surface area contributed by atoms with Gasteiger partial charge in [0.05, 0.1) is 11.5 Å². The van der Waals surface area contributed by atoms with E-state index in [0.717, 1.165) is 24.2 Å². The maximum Gasteiger partial charge on any atom is 0.151 e. The summed E-state index contributed by atoms with van der Waals surface area (Å²) < 4.78 is 23.2. The number of hydrogen-bond donors (Lipinski definition) is 1. The van der Waals surface area contributed by atoms with Gasteiger partial charge in [-0.3, -0.25) is 4.90 Å². The first-order valence-electron chi connectivity index (χ1n) is 6.28. The van der Waals surface area contributed by atoms with Crippen LogP contribution in [-0.4, -0.2) is 37.9 Å². The fraction of sp³-hybridized carbons (Fsp3) is 0.538. The van der Waals surface area contributed by atoms with Crippen molar-refractivity contribution in [3.63, 3.8) is 0 Å². The number of anilines is 1. The zero-order chi connectivity index (χ0) is 13.2. The Bertz CT molecular complexity index is 513. The maximum absolute atomic E-state index is 11.6. The van der Waals surface area contributed by atoms with E-state index in [1.807, 2.05) is 24.3 Å². The Morgan fingerprint density at radius 1 is 1.28 bits per heavy atom. The molecule has 4 nitrogen and oxygen atoms in total. The number of hydrogen-bond acceptors (Lipinski definition) is 4. The van der Waals surface area contributed by atoms with Crippen LogP contribution < -0.4 is 5.73 Å². The molecular weight excluding hydrogens is 248 g/mol. The van der Waals surface area contributed by atoms with E-state index in [1.165, 1.54) is 0 Å². The highest BCUT2D eigenvalue weighted by Gasteiger charge is 2.23. The minimum atomic E-state index is -2.84. The molecule has 1 unspecified atom stereocenters. The van der Waals surface area contributed by atoms with Gasteiger partial charge in [-0.25, -0.2) is 8.42 Å². The van der Waals surface area contributed by atoms with Gasteiger partial charge in [0.1, 0.15) is 0 Å². The Morgan fingerprint density at radius 2 is 2.06 bits per heavy atom. The van der Waals surface area contributed by atoms with Crippen molar-refractivity contribution in [1.29, 1.82) is 0 Å². The largest absolute Gasteiger partial charge is 0.399 e. The van der Waals surface area contributed by atoms with Gasteiger partial charge in [-0.15, -0.1) is 0 Å². The Kier molecular flexibility index (Phi) is 3.92. The lowest BCUT2D eigenvalue weighted by molar-refractivity contribution is 0.228. The van der Waals surface area contributed by atoms with Crippen molar-refractivity contribution in [3.05, 3.63) is 29.8 Å². The second-order valence-corrected chi connectivity index (χ2v) is 7.19. The molecule has 0 aromatic heterocycles. The lowest BCUT2D eigenvalue weighted by atomic mass is 10.1. The molecule has 2 rings (SSSR count). The summed E-state index contributed by atoms with van der Waals surface area (Å²) in [6, 6.07) is 8.02. The molecule has 1 atom stereocenters. The molecule has 0 bridgehead atoms. The smallest absolute Gasteiger partial charge is 0.151 e. The van der Waals surface area contributed by atoms with E-state index in [-0.39, 0.29) is 11.8 Å². The first-order valence-corrected chi connectivity index (χ1v) is 8.10. The number of nitrogen functional groups attached to an aromatic ring is 1. The molecule has 0 spiro atoms. The monoisotopic (exact) mass is 268 g/mol. The third-order valence-electron chi connectivity index (χ3n) is 3.53. The standard InChI is InChI=1S/C13H20N2O2S/c1-11(12-4-2-5-13(14)10-12)15-6-3-8-18(16,17)9-7-15/h2,4-5,10-11H,3,6-9,14H2,1H3. The van der Waals surface area contributed by atoms with Gasteiger partial charge in [0, 0.05) is 18.3 Å². The molecule has 1 aromatic rings. The summed E-state index contributed by atoms with van der Waals surface area (Å²) in [7, 11) is -2.84. The molecule has 1 aromatic carbocycles.